The Hall–Kier alpha value is -3.60. The zero-order valence-electron chi connectivity index (χ0n) is 26.2. The molecule has 0 fully saturated rings. The van der Waals surface area contributed by atoms with Crippen LogP contribution < -0.4 is 15.4 Å². The highest BCUT2D eigenvalue weighted by atomic mass is 35.5. The first-order valence-electron chi connectivity index (χ1n) is 14.2. The van der Waals surface area contributed by atoms with Gasteiger partial charge in [0.15, 0.2) is 5.78 Å². The quantitative estimate of drug-likeness (QED) is 0.280. The van der Waals surface area contributed by atoms with Gasteiger partial charge in [-0.1, -0.05) is 23.7 Å². The van der Waals surface area contributed by atoms with E-state index in [0.717, 1.165) is 18.2 Å². The maximum absolute atomic E-state index is 13.4. The van der Waals surface area contributed by atoms with Crippen LogP contribution in [0.5, 0.6) is 5.75 Å². The average Bonchev–Trinajstić information content (AvgIpc) is 2.98. The van der Waals surface area contributed by atoms with Gasteiger partial charge in [-0.25, -0.2) is 0 Å². The summed E-state index contributed by atoms with van der Waals surface area (Å²) in [6, 6.07) is 11.9. The second kappa shape index (κ2) is 21.2. The predicted molar refractivity (Wildman–Crippen MR) is 168 cm³/mol. The van der Waals surface area contributed by atoms with Crippen molar-refractivity contribution in [3.05, 3.63) is 81.3 Å². The topological polar surface area (TPSA) is 160 Å². The Morgan fingerprint density at radius 1 is 0.978 bits per heavy atom. The minimum absolute atomic E-state index is 0.0212. The number of nitrogens with two attached hydrogens (primary N) is 1. The molecule has 2 aromatic rings. The van der Waals surface area contributed by atoms with Crippen LogP contribution in [-0.4, -0.2) is 59.7 Å². The number of halogens is 4. The van der Waals surface area contributed by atoms with Crippen molar-refractivity contribution in [2.24, 2.45) is 5.73 Å². The lowest BCUT2D eigenvalue weighted by molar-refractivity contribution is -0.137. The molecule has 1 aliphatic heterocycles. The number of anilines is 1. The summed E-state index contributed by atoms with van der Waals surface area (Å²) < 4.78 is 45.4. The summed E-state index contributed by atoms with van der Waals surface area (Å²) in [6.45, 7) is 7.72. The Morgan fingerprint density at radius 2 is 1.49 bits per heavy atom. The van der Waals surface area contributed by atoms with Crippen molar-refractivity contribution in [3.63, 3.8) is 0 Å². The third kappa shape index (κ3) is 11.7. The fraction of sp³-hybridized carbons (Fsp3) is 0.438. The van der Waals surface area contributed by atoms with Crippen molar-refractivity contribution in [1.82, 2.24) is 0 Å². The van der Waals surface area contributed by atoms with Gasteiger partial charge < -0.3 is 30.9 Å². The molecule has 0 saturated carbocycles. The monoisotopic (exact) mass is 657 g/mol. The van der Waals surface area contributed by atoms with Gasteiger partial charge in [0.25, 0.3) is 0 Å². The van der Waals surface area contributed by atoms with Crippen molar-refractivity contribution in [2.75, 3.05) is 38.4 Å². The smallest absolute Gasteiger partial charge is 0.416 e. The van der Waals surface area contributed by atoms with E-state index >= 15 is 0 Å². The molecule has 250 valence electrons. The van der Waals surface area contributed by atoms with Crippen molar-refractivity contribution in [3.8, 4) is 11.8 Å². The van der Waals surface area contributed by atoms with E-state index < -0.39 is 17.7 Å². The fourth-order valence-corrected chi connectivity index (χ4v) is 4.55. The van der Waals surface area contributed by atoms with E-state index in [2.05, 4.69) is 6.07 Å². The van der Waals surface area contributed by atoms with Crippen LogP contribution in [0, 0.1) is 11.3 Å². The first-order valence-corrected chi connectivity index (χ1v) is 14.6. The summed E-state index contributed by atoms with van der Waals surface area (Å²) in [7, 11) is 1.52. The molecule has 0 amide bonds. The minimum atomic E-state index is -4.60. The molecule has 2 aliphatic rings. The van der Waals surface area contributed by atoms with E-state index in [4.69, 9.17) is 42.5 Å². The van der Waals surface area contributed by atoms with Gasteiger partial charge in [0.2, 0.25) is 0 Å². The van der Waals surface area contributed by atoms with Crippen molar-refractivity contribution < 1.29 is 43.1 Å². The minimum Gasteiger partial charge on any atom is -0.497 e. The first kappa shape index (κ1) is 41.4. The van der Waals surface area contributed by atoms with Gasteiger partial charge >= 0.3 is 6.18 Å². The van der Waals surface area contributed by atoms with Gasteiger partial charge in [0.05, 0.1) is 40.9 Å². The van der Waals surface area contributed by atoms with E-state index in [1.54, 1.807) is 52.0 Å². The molecule has 0 aromatic heterocycles. The van der Waals surface area contributed by atoms with Crippen LogP contribution in [0.25, 0.3) is 0 Å². The highest BCUT2D eigenvalue weighted by Crippen LogP contribution is 2.48. The Kier molecular flexibility index (Phi) is 19.5. The number of allylic oxidation sites excluding steroid dienone is 3. The van der Waals surface area contributed by atoms with Crippen LogP contribution >= 0.6 is 11.6 Å². The van der Waals surface area contributed by atoms with E-state index in [1.165, 1.54) is 12.0 Å². The molecule has 45 heavy (non-hydrogen) atoms. The number of ketones is 1. The molecule has 13 heteroatoms. The van der Waals surface area contributed by atoms with Crippen molar-refractivity contribution >= 4 is 23.1 Å². The summed E-state index contributed by atoms with van der Waals surface area (Å²) in [4.78, 5) is 14.4. The molecule has 1 heterocycles. The second-order valence-corrected chi connectivity index (χ2v) is 9.43. The Morgan fingerprint density at radius 3 is 1.93 bits per heavy atom. The maximum atomic E-state index is 13.4. The number of aliphatic hydroxyl groups is 4. The SMILES string of the molecule is CCO.CCO.CCO.CCO.COc1ccc(C2C(C#N)=C(N)N(c3cc(C(F)(F)F)ccc3Cl)C3=C2C(=O)CCC3)cc1. The molecule has 1 aliphatic carbocycles. The molecule has 9 nitrogen and oxygen atoms in total. The van der Waals surface area contributed by atoms with E-state index in [1.807, 2.05) is 0 Å². The number of nitriles is 1. The first-order chi connectivity index (χ1) is 21.3. The molecule has 0 bridgehead atoms. The number of Topliss-reactive ketones (excluding diaryl/α,β-unsaturated/α-hetero) is 1. The third-order valence-electron chi connectivity index (χ3n) is 5.88. The van der Waals surface area contributed by atoms with Gasteiger partial charge in [0.1, 0.15) is 11.6 Å². The summed E-state index contributed by atoms with van der Waals surface area (Å²) in [6.07, 6.45) is -3.42. The highest BCUT2D eigenvalue weighted by molar-refractivity contribution is 6.33. The normalized spacial score (nSPS) is 15.4. The number of aliphatic hydroxyl groups excluding tert-OH is 4. The van der Waals surface area contributed by atoms with Gasteiger partial charge in [-0.05, 0) is 76.4 Å². The molecule has 0 spiro atoms. The Balaban J connectivity index is 0.00000140. The Labute approximate surface area is 267 Å². The molecule has 6 N–H and O–H groups in total. The highest BCUT2D eigenvalue weighted by Gasteiger charge is 2.41. The van der Waals surface area contributed by atoms with E-state index in [-0.39, 0.29) is 60.7 Å². The average molecular weight is 658 g/mol. The lowest BCUT2D eigenvalue weighted by atomic mass is 9.75. The number of benzene rings is 2. The number of carbonyl (C=O) groups is 1. The molecule has 1 atom stereocenters. The van der Waals surface area contributed by atoms with Gasteiger partial charge in [0, 0.05) is 44.1 Å². The van der Waals surface area contributed by atoms with Crippen LogP contribution in [-0.2, 0) is 11.0 Å². The maximum Gasteiger partial charge on any atom is 0.416 e. The van der Waals surface area contributed by atoms with Gasteiger partial charge in [-0.2, -0.15) is 18.4 Å². The van der Waals surface area contributed by atoms with Crippen LogP contribution in [0.15, 0.2) is 65.1 Å². The molecule has 1 unspecified atom stereocenters. The number of rotatable bonds is 3. The number of nitrogens with zero attached hydrogens (tertiary/aromatic N) is 2. The summed E-state index contributed by atoms with van der Waals surface area (Å²) >= 11 is 6.30. The van der Waals surface area contributed by atoms with Crippen LogP contribution in [0.1, 0.15) is 64.0 Å². The summed E-state index contributed by atoms with van der Waals surface area (Å²) in [5.41, 5.74) is 7.02. The number of hydrogen-bond donors (Lipinski definition) is 5. The predicted octanol–water partition coefficient (Wildman–Crippen LogP) is 5.67. The van der Waals surface area contributed by atoms with Crippen LogP contribution in [0.3, 0.4) is 0 Å². The fourth-order valence-electron chi connectivity index (χ4n) is 4.35. The molecule has 2 aromatic carbocycles. The summed E-state index contributed by atoms with van der Waals surface area (Å²) in [5, 5.41) is 40.3. The number of methoxy groups -OCH3 is 1. The largest absolute Gasteiger partial charge is 0.497 e. The van der Waals surface area contributed by atoms with Gasteiger partial charge in [-0.15, -0.1) is 0 Å². The van der Waals surface area contributed by atoms with Crippen LogP contribution in [0.4, 0.5) is 18.9 Å². The number of carbonyl (C=O) groups excluding carboxylic acids is 1. The lowest BCUT2D eigenvalue weighted by Crippen LogP contribution is -2.39. The number of ether oxygens (including phenoxy) is 1. The molecule has 0 saturated heterocycles. The van der Waals surface area contributed by atoms with Crippen LogP contribution in [0.2, 0.25) is 5.02 Å². The van der Waals surface area contributed by atoms with E-state index in [9.17, 15) is 23.2 Å². The standard InChI is InChI=1S/C24H19ClF3N3O2.4C2H6O/c1-33-15-8-5-13(6-9-15)21-16(12-29)23(30)31(18-3-2-4-20(32)22(18)21)19-11-14(24(26,27)28)7-10-17(19)25;4*1-2-3/h5-11,21H,2-4,30H2,1H3;4*3H,2H2,1H3. The zero-order chi connectivity index (χ0) is 34.7. The molecule has 4 rings (SSSR count). The molecule has 0 radical (unpaired) electrons. The van der Waals surface area contributed by atoms with Crippen molar-refractivity contribution in [2.45, 2.75) is 59.1 Å². The second-order valence-electron chi connectivity index (χ2n) is 9.02. The molecular weight excluding hydrogens is 615 g/mol. The Bertz CT molecular complexity index is 1300. The van der Waals surface area contributed by atoms with E-state index in [0.29, 0.717) is 35.4 Å². The summed E-state index contributed by atoms with van der Waals surface area (Å²) in [5.74, 6) is -0.352. The van der Waals surface area contributed by atoms with Crippen molar-refractivity contribution in [1.29, 1.82) is 5.26 Å². The molecular formula is C32H43ClF3N3O6. The van der Waals surface area contributed by atoms with Gasteiger partial charge in [-0.3, -0.25) is 9.69 Å². The zero-order valence-corrected chi connectivity index (χ0v) is 26.9. The third-order valence-corrected chi connectivity index (χ3v) is 6.20. The lowest BCUT2D eigenvalue weighted by Gasteiger charge is -2.40. The number of hydrogen-bond acceptors (Lipinski definition) is 9. The number of alkyl halides is 3.